The van der Waals surface area contributed by atoms with Crippen LogP contribution in [0, 0.1) is 11.8 Å². The van der Waals surface area contributed by atoms with Gasteiger partial charge in [0.1, 0.15) is 16.9 Å². The minimum atomic E-state index is -0.757. The van der Waals surface area contributed by atoms with Crippen LogP contribution in [-0.4, -0.2) is 41.5 Å². The molecule has 0 aromatic carbocycles. The zero-order valence-corrected chi connectivity index (χ0v) is 15.7. The zero-order valence-electron chi connectivity index (χ0n) is 15.7. The number of furan rings is 1. The van der Waals surface area contributed by atoms with Crippen molar-refractivity contribution >= 4 is 11.9 Å². The van der Waals surface area contributed by atoms with Gasteiger partial charge in [-0.2, -0.15) is 0 Å². The Labute approximate surface area is 162 Å². The number of amides is 1. The molecule has 2 atom stereocenters. The Morgan fingerprint density at radius 1 is 1.14 bits per heavy atom. The van der Waals surface area contributed by atoms with Crippen LogP contribution >= 0.6 is 0 Å². The van der Waals surface area contributed by atoms with Crippen molar-refractivity contribution in [3.05, 3.63) is 70.1 Å². The second kappa shape index (κ2) is 7.50. The van der Waals surface area contributed by atoms with E-state index in [2.05, 4.69) is 12.2 Å². The van der Waals surface area contributed by atoms with E-state index in [0.717, 1.165) is 12.8 Å². The average molecular weight is 382 g/mol. The van der Waals surface area contributed by atoms with Gasteiger partial charge in [-0.15, -0.1) is 0 Å². The molecule has 1 fully saturated rings. The number of carbonyl (C=O) groups excluding carboxylic acids is 2. The Kier molecular flexibility index (Phi) is 4.90. The number of aromatic nitrogens is 1. The molecule has 1 aliphatic carbocycles. The van der Waals surface area contributed by atoms with Gasteiger partial charge in [-0.05, 0) is 36.8 Å². The number of fused-ring (bicyclic) bond motifs is 1. The number of hydrogen-bond donors (Lipinski definition) is 0. The summed E-state index contributed by atoms with van der Waals surface area (Å²) in [6.07, 6.45) is 10.7. The van der Waals surface area contributed by atoms with E-state index in [4.69, 9.17) is 9.15 Å². The highest BCUT2D eigenvalue weighted by Gasteiger charge is 2.36. The van der Waals surface area contributed by atoms with Crippen LogP contribution in [0.3, 0.4) is 0 Å². The number of likely N-dealkylation sites (tertiary alicyclic amines) is 1. The quantitative estimate of drug-likeness (QED) is 0.599. The maximum atomic E-state index is 13.1. The van der Waals surface area contributed by atoms with Crippen molar-refractivity contribution in [1.29, 1.82) is 0 Å². The Morgan fingerprint density at radius 2 is 1.82 bits per heavy atom. The van der Waals surface area contributed by atoms with E-state index in [0.29, 0.717) is 37.2 Å². The maximum absolute atomic E-state index is 13.1. The summed E-state index contributed by atoms with van der Waals surface area (Å²) in [6.45, 7) is 1.56. The molecule has 2 aromatic heterocycles. The summed E-state index contributed by atoms with van der Waals surface area (Å²) in [5, 5.41) is 0. The van der Waals surface area contributed by atoms with Crippen LogP contribution in [0.15, 0.2) is 52.2 Å². The fraction of sp³-hybridized carbons (Fsp3) is 0.381. The minimum absolute atomic E-state index is 0.0129. The lowest BCUT2D eigenvalue weighted by atomic mass is 9.86. The molecule has 1 aliphatic heterocycles. The molecule has 2 aromatic rings. The fourth-order valence-corrected chi connectivity index (χ4v) is 4.06. The molecule has 146 valence electrons. The highest BCUT2D eigenvalue weighted by molar-refractivity contribution is 5.97. The number of allylic oxidation sites excluding steroid dienone is 2. The number of rotatable bonds is 4. The summed E-state index contributed by atoms with van der Waals surface area (Å²) in [5.74, 6) is 0.424. The first-order chi connectivity index (χ1) is 13.6. The summed E-state index contributed by atoms with van der Waals surface area (Å²) in [6, 6.07) is 3.54. The second-order valence-electron chi connectivity index (χ2n) is 7.33. The Bertz CT molecular complexity index is 957. The molecule has 2 aliphatic rings. The third-order valence-electron chi connectivity index (χ3n) is 5.54. The van der Waals surface area contributed by atoms with E-state index in [1.165, 1.54) is 19.5 Å². The van der Waals surface area contributed by atoms with Gasteiger partial charge in [0.15, 0.2) is 0 Å². The van der Waals surface area contributed by atoms with Gasteiger partial charge >= 0.3 is 5.97 Å². The van der Waals surface area contributed by atoms with Crippen LogP contribution < -0.4 is 5.43 Å². The van der Waals surface area contributed by atoms with E-state index in [-0.39, 0.29) is 17.0 Å². The topological polar surface area (TPSA) is 81.8 Å². The fourth-order valence-electron chi connectivity index (χ4n) is 4.06. The van der Waals surface area contributed by atoms with Gasteiger partial charge in [0.25, 0.3) is 5.91 Å². The predicted octanol–water partition coefficient (Wildman–Crippen LogP) is 2.31. The van der Waals surface area contributed by atoms with Crippen LogP contribution in [0.1, 0.15) is 39.3 Å². The molecule has 3 heterocycles. The van der Waals surface area contributed by atoms with Crippen LogP contribution in [-0.2, 0) is 11.3 Å². The van der Waals surface area contributed by atoms with Crippen molar-refractivity contribution in [2.75, 3.05) is 20.2 Å². The summed E-state index contributed by atoms with van der Waals surface area (Å²) in [7, 11) is 1.21. The Balaban J connectivity index is 1.67. The average Bonchev–Trinajstić information content (AvgIpc) is 3.37. The van der Waals surface area contributed by atoms with E-state index < -0.39 is 11.4 Å². The summed E-state index contributed by atoms with van der Waals surface area (Å²) < 4.78 is 11.7. The maximum Gasteiger partial charge on any atom is 0.343 e. The van der Waals surface area contributed by atoms with E-state index in [1.807, 2.05) is 0 Å². The molecule has 7 nitrogen and oxygen atoms in total. The van der Waals surface area contributed by atoms with Gasteiger partial charge < -0.3 is 18.6 Å². The molecule has 0 radical (unpaired) electrons. The van der Waals surface area contributed by atoms with Gasteiger partial charge in [-0.1, -0.05) is 12.2 Å². The standard InChI is InChI=1S/C21H22N2O5/c1-27-21(26)18-13-22(11-16-7-4-8-28-16)12-17(19(18)24)20(25)23-9-14-5-2-3-6-15(14)10-23/h2-4,7-8,12-15H,5-6,9-11H2,1H3/t14-,15+. The minimum Gasteiger partial charge on any atom is -0.467 e. The second-order valence-corrected chi connectivity index (χ2v) is 7.33. The van der Waals surface area contributed by atoms with E-state index in [1.54, 1.807) is 27.9 Å². The normalized spacial score (nSPS) is 20.8. The summed E-state index contributed by atoms with van der Waals surface area (Å²) in [5.41, 5.74) is -0.764. The zero-order chi connectivity index (χ0) is 19.7. The molecule has 4 rings (SSSR count). The van der Waals surface area contributed by atoms with E-state index >= 15 is 0 Å². The number of ether oxygens (including phenoxy) is 1. The SMILES string of the molecule is COC(=O)c1cn(Cc2ccco2)cc(C(=O)N2C[C@H]3CC=CC[C@H]3C2)c1=O. The van der Waals surface area contributed by atoms with Crippen molar-refractivity contribution in [1.82, 2.24) is 9.47 Å². The van der Waals surface area contributed by atoms with Crippen molar-refractivity contribution < 1.29 is 18.7 Å². The first-order valence-corrected chi connectivity index (χ1v) is 9.36. The Morgan fingerprint density at radius 3 is 2.43 bits per heavy atom. The molecule has 0 N–H and O–H groups in total. The third kappa shape index (κ3) is 3.40. The number of pyridine rings is 1. The van der Waals surface area contributed by atoms with Crippen molar-refractivity contribution in [2.45, 2.75) is 19.4 Å². The molecule has 28 heavy (non-hydrogen) atoms. The highest BCUT2D eigenvalue weighted by atomic mass is 16.5. The van der Waals surface area contributed by atoms with E-state index in [9.17, 15) is 14.4 Å². The monoisotopic (exact) mass is 382 g/mol. The van der Waals surface area contributed by atoms with Gasteiger partial charge in [0.05, 0.1) is 19.9 Å². The summed E-state index contributed by atoms with van der Waals surface area (Å²) >= 11 is 0. The van der Waals surface area contributed by atoms with Gasteiger partial charge in [-0.3, -0.25) is 9.59 Å². The van der Waals surface area contributed by atoms with Crippen molar-refractivity contribution in [3.8, 4) is 0 Å². The first kappa shape index (κ1) is 18.3. The summed E-state index contributed by atoms with van der Waals surface area (Å²) in [4.78, 5) is 39.8. The molecule has 0 unspecified atom stereocenters. The van der Waals surface area contributed by atoms with Gasteiger partial charge in [0, 0.05) is 25.5 Å². The van der Waals surface area contributed by atoms with Crippen LogP contribution in [0.4, 0.5) is 0 Å². The molecule has 0 bridgehead atoms. The third-order valence-corrected chi connectivity index (χ3v) is 5.54. The number of carbonyl (C=O) groups is 2. The van der Waals surface area contributed by atoms with Gasteiger partial charge in [0.2, 0.25) is 5.43 Å². The highest BCUT2D eigenvalue weighted by Crippen LogP contribution is 2.33. The molecular formula is C21H22N2O5. The lowest BCUT2D eigenvalue weighted by Crippen LogP contribution is -2.35. The van der Waals surface area contributed by atoms with Crippen LogP contribution in [0.25, 0.3) is 0 Å². The molecule has 0 saturated carbocycles. The first-order valence-electron chi connectivity index (χ1n) is 9.36. The number of esters is 1. The van der Waals surface area contributed by atoms with Crippen molar-refractivity contribution in [2.24, 2.45) is 11.8 Å². The Hall–Kier alpha value is -3.09. The number of hydrogen-bond acceptors (Lipinski definition) is 5. The smallest absolute Gasteiger partial charge is 0.343 e. The largest absolute Gasteiger partial charge is 0.467 e. The molecule has 0 spiro atoms. The molecule has 7 heteroatoms. The number of methoxy groups -OCH3 is 1. The van der Waals surface area contributed by atoms with Crippen LogP contribution in [0.5, 0.6) is 0 Å². The molecule has 1 amide bonds. The lowest BCUT2D eigenvalue weighted by molar-refractivity contribution is 0.0598. The lowest BCUT2D eigenvalue weighted by Gasteiger charge is -2.17. The van der Waals surface area contributed by atoms with Crippen LogP contribution in [0.2, 0.25) is 0 Å². The van der Waals surface area contributed by atoms with Gasteiger partial charge in [-0.25, -0.2) is 4.79 Å². The molecular weight excluding hydrogens is 360 g/mol. The van der Waals surface area contributed by atoms with Crippen molar-refractivity contribution in [3.63, 3.8) is 0 Å². The predicted molar refractivity (Wildman–Crippen MR) is 101 cm³/mol. The number of nitrogens with zero attached hydrogens (tertiary/aromatic N) is 2. The molecule has 1 saturated heterocycles.